The molecule has 0 saturated carbocycles. The molecular weight excluding hydrogens is 604 g/mol. The molecule has 4 heterocycles. The summed E-state index contributed by atoms with van der Waals surface area (Å²) in [5.74, 6) is -0.0843. The first-order valence-electron chi connectivity index (χ1n) is 14.3. The Balaban J connectivity index is 1.49. The molecule has 2 aliphatic rings. The molecule has 2 aromatic carbocycles. The van der Waals surface area contributed by atoms with Crippen LogP contribution in [-0.2, 0) is 25.6 Å². The molecular formula is C32H31ClN4O6S. The number of morpholine rings is 1. The summed E-state index contributed by atoms with van der Waals surface area (Å²) in [7, 11) is 1.52. The molecule has 2 aromatic heterocycles. The minimum atomic E-state index is -0.867. The zero-order valence-corrected chi connectivity index (χ0v) is 26.1. The Hall–Kier alpha value is -4.19. The van der Waals surface area contributed by atoms with Crippen LogP contribution in [-0.4, -0.2) is 65.9 Å². The van der Waals surface area contributed by atoms with Crippen molar-refractivity contribution in [2.75, 3.05) is 40.0 Å². The summed E-state index contributed by atoms with van der Waals surface area (Å²) in [5.41, 5.74) is 2.58. The number of allylic oxidation sites excluding steroid dienone is 1. The highest BCUT2D eigenvalue weighted by molar-refractivity contribution is 7.07. The molecule has 1 saturated heterocycles. The molecule has 1 amide bonds. The maximum Gasteiger partial charge on any atom is 0.338 e. The number of amides is 1. The van der Waals surface area contributed by atoms with Crippen LogP contribution in [0.15, 0.2) is 69.7 Å². The van der Waals surface area contributed by atoms with E-state index in [9.17, 15) is 14.4 Å². The second kappa shape index (κ2) is 12.4. The van der Waals surface area contributed by atoms with Gasteiger partial charge in [-0.05, 0) is 44.2 Å². The quantitative estimate of drug-likeness (QED) is 0.289. The molecule has 0 aliphatic carbocycles. The van der Waals surface area contributed by atoms with Crippen LogP contribution >= 0.6 is 22.9 Å². The first-order chi connectivity index (χ1) is 21.3. The van der Waals surface area contributed by atoms with E-state index in [1.165, 1.54) is 23.0 Å². The Morgan fingerprint density at radius 2 is 1.95 bits per heavy atom. The highest BCUT2D eigenvalue weighted by atomic mass is 35.5. The number of fused-ring (bicyclic) bond motifs is 2. The van der Waals surface area contributed by atoms with Crippen LogP contribution < -0.4 is 19.6 Å². The Labute approximate surface area is 262 Å². The van der Waals surface area contributed by atoms with Crippen molar-refractivity contribution in [2.24, 2.45) is 4.99 Å². The van der Waals surface area contributed by atoms with Gasteiger partial charge < -0.3 is 23.7 Å². The summed E-state index contributed by atoms with van der Waals surface area (Å²) in [6, 6.07) is 12.0. The number of hydrogen-bond donors (Lipinski definition) is 0. The minimum Gasteiger partial charge on any atom is -0.496 e. The van der Waals surface area contributed by atoms with Crippen LogP contribution in [0.4, 0.5) is 0 Å². The van der Waals surface area contributed by atoms with Crippen molar-refractivity contribution in [3.8, 4) is 5.75 Å². The SMILES string of the molecule is CCOC(=O)C1=C(C)N=c2s/c(=C\c3cn(CC(=O)N4CCOCC4)c4ccccc34)c(=O)n2[C@@H]1c1cc(Cl)ccc1OC. The van der Waals surface area contributed by atoms with Crippen molar-refractivity contribution in [1.29, 1.82) is 0 Å². The fraction of sp³-hybridized carbons (Fsp3) is 0.312. The Bertz CT molecular complexity index is 1990. The fourth-order valence-corrected chi connectivity index (χ4v) is 6.94. The lowest BCUT2D eigenvalue weighted by atomic mass is 9.95. The van der Waals surface area contributed by atoms with Gasteiger partial charge in [0.05, 0.1) is 42.7 Å². The van der Waals surface area contributed by atoms with Crippen molar-refractivity contribution < 1.29 is 23.8 Å². The van der Waals surface area contributed by atoms with Crippen LogP contribution in [0.1, 0.15) is 31.0 Å². The summed E-state index contributed by atoms with van der Waals surface area (Å²) in [5, 5.41) is 1.34. The van der Waals surface area contributed by atoms with E-state index in [4.69, 9.17) is 25.8 Å². The number of benzene rings is 2. The van der Waals surface area contributed by atoms with E-state index in [0.29, 0.717) is 57.7 Å². The average molecular weight is 635 g/mol. The predicted molar refractivity (Wildman–Crippen MR) is 168 cm³/mol. The molecule has 0 spiro atoms. The Morgan fingerprint density at radius 3 is 2.70 bits per heavy atom. The molecule has 6 rings (SSSR count). The zero-order chi connectivity index (χ0) is 31.0. The number of hydrogen-bond acceptors (Lipinski definition) is 8. The number of carbonyl (C=O) groups is 2. The second-order valence-corrected chi connectivity index (χ2v) is 11.9. The van der Waals surface area contributed by atoms with Gasteiger partial charge in [-0.15, -0.1) is 0 Å². The normalized spacial score (nSPS) is 17.0. The average Bonchev–Trinajstić information content (AvgIpc) is 3.52. The number of rotatable bonds is 7. The van der Waals surface area contributed by atoms with Gasteiger partial charge in [0.25, 0.3) is 5.56 Å². The van der Waals surface area contributed by atoms with Gasteiger partial charge in [0.1, 0.15) is 18.3 Å². The van der Waals surface area contributed by atoms with E-state index < -0.39 is 12.0 Å². The summed E-state index contributed by atoms with van der Waals surface area (Å²) in [6.07, 6.45) is 3.71. The molecule has 0 unspecified atom stereocenters. The highest BCUT2D eigenvalue weighted by Gasteiger charge is 2.35. The van der Waals surface area contributed by atoms with Crippen molar-refractivity contribution in [2.45, 2.75) is 26.4 Å². The molecule has 1 atom stereocenters. The number of carbonyl (C=O) groups excluding carboxylic acids is 2. The van der Waals surface area contributed by atoms with Crippen LogP contribution in [0.2, 0.25) is 5.02 Å². The standard InChI is InChI=1S/C32H31ClN4O6S/c1-4-43-31(40)28-19(2)34-32-37(29(28)23-16-21(33)9-10-25(23)41-3)30(39)26(44-32)15-20-17-36(24-8-6-5-7-22(20)24)18-27(38)35-11-13-42-14-12-35/h5-10,15-17,29H,4,11-14,18H2,1-3H3/b26-15-/t29-/m1/s1. The lowest BCUT2D eigenvalue weighted by molar-refractivity contribution is -0.139. The van der Waals surface area contributed by atoms with Crippen molar-refractivity contribution in [1.82, 2.24) is 14.0 Å². The van der Waals surface area contributed by atoms with E-state index in [0.717, 1.165) is 16.5 Å². The maximum absolute atomic E-state index is 14.2. The third-order valence-electron chi connectivity index (χ3n) is 7.78. The number of esters is 1. The lowest BCUT2D eigenvalue weighted by Crippen LogP contribution is -2.42. The largest absolute Gasteiger partial charge is 0.496 e. The molecule has 0 N–H and O–H groups in total. The Morgan fingerprint density at radius 1 is 1.18 bits per heavy atom. The molecule has 44 heavy (non-hydrogen) atoms. The van der Waals surface area contributed by atoms with Gasteiger partial charge in [0, 0.05) is 46.3 Å². The van der Waals surface area contributed by atoms with E-state index in [1.54, 1.807) is 32.0 Å². The van der Waals surface area contributed by atoms with Gasteiger partial charge in [-0.25, -0.2) is 9.79 Å². The van der Waals surface area contributed by atoms with Gasteiger partial charge in [-0.3, -0.25) is 14.2 Å². The first-order valence-corrected chi connectivity index (χ1v) is 15.5. The van der Waals surface area contributed by atoms with Gasteiger partial charge in [0.15, 0.2) is 4.80 Å². The van der Waals surface area contributed by atoms with Crippen molar-refractivity contribution in [3.63, 3.8) is 0 Å². The van der Waals surface area contributed by atoms with Gasteiger partial charge in [0.2, 0.25) is 5.91 Å². The predicted octanol–water partition coefficient (Wildman–Crippen LogP) is 3.27. The lowest BCUT2D eigenvalue weighted by Gasteiger charge is -2.27. The third-order valence-corrected chi connectivity index (χ3v) is 9.00. The molecule has 2 aliphatic heterocycles. The number of nitrogens with zero attached hydrogens (tertiary/aromatic N) is 4. The summed E-state index contributed by atoms with van der Waals surface area (Å²) < 4.78 is 20.3. The number of thiazole rings is 1. The van der Waals surface area contributed by atoms with E-state index in [1.807, 2.05) is 46.0 Å². The van der Waals surface area contributed by atoms with E-state index >= 15 is 0 Å². The van der Waals surface area contributed by atoms with Crippen LogP contribution in [0.5, 0.6) is 5.75 Å². The highest BCUT2D eigenvalue weighted by Crippen LogP contribution is 2.37. The van der Waals surface area contributed by atoms with Gasteiger partial charge in [-0.2, -0.15) is 0 Å². The molecule has 1 fully saturated rings. The molecule has 12 heteroatoms. The van der Waals surface area contributed by atoms with E-state index in [2.05, 4.69) is 4.99 Å². The second-order valence-electron chi connectivity index (χ2n) is 10.4. The van der Waals surface area contributed by atoms with Crippen LogP contribution in [0.3, 0.4) is 0 Å². The fourth-order valence-electron chi connectivity index (χ4n) is 5.73. The Kier molecular flexibility index (Phi) is 8.44. The summed E-state index contributed by atoms with van der Waals surface area (Å²) in [6.45, 7) is 5.99. The number of methoxy groups -OCH3 is 1. The topological polar surface area (TPSA) is 104 Å². The number of aromatic nitrogens is 2. The number of halogens is 1. The van der Waals surface area contributed by atoms with E-state index in [-0.39, 0.29) is 30.2 Å². The first kappa shape index (κ1) is 29.9. The molecule has 0 bridgehead atoms. The number of ether oxygens (including phenoxy) is 3. The van der Waals surface area contributed by atoms with Gasteiger partial charge >= 0.3 is 5.97 Å². The smallest absolute Gasteiger partial charge is 0.338 e. The van der Waals surface area contributed by atoms with Crippen LogP contribution in [0, 0.1) is 0 Å². The van der Waals surface area contributed by atoms with Gasteiger partial charge in [-0.1, -0.05) is 41.1 Å². The third kappa shape index (κ3) is 5.47. The minimum absolute atomic E-state index is 0.0115. The summed E-state index contributed by atoms with van der Waals surface area (Å²) in [4.78, 5) is 47.5. The maximum atomic E-state index is 14.2. The monoisotopic (exact) mass is 634 g/mol. The number of para-hydroxylation sites is 1. The van der Waals surface area contributed by atoms with Crippen molar-refractivity contribution in [3.05, 3.63) is 95.8 Å². The molecule has 10 nitrogen and oxygen atoms in total. The molecule has 4 aromatic rings. The zero-order valence-electron chi connectivity index (χ0n) is 24.5. The van der Waals surface area contributed by atoms with Crippen molar-refractivity contribution >= 4 is 51.8 Å². The molecule has 228 valence electrons. The summed E-state index contributed by atoms with van der Waals surface area (Å²) >= 11 is 7.63. The molecule has 0 radical (unpaired) electrons. The van der Waals surface area contributed by atoms with Crippen LogP contribution in [0.25, 0.3) is 17.0 Å².